The maximum Gasteiger partial charge on any atom is 0.261 e. The predicted molar refractivity (Wildman–Crippen MR) is 122 cm³/mol. The number of hydrogen-bond donors (Lipinski definition) is 1. The Morgan fingerprint density at radius 1 is 1.03 bits per heavy atom. The van der Waals surface area contributed by atoms with Crippen LogP contribution in [0.15, 0.2) is 71.9 Å². The summed E-state index contributed by atoms with van der Waals surface area (Å²) in [5.41, 5.74) is 4.29. The quantitative estimate of drug-likeness (QED) is 0.635. The van der Waals surface area contributed by atoms with Gasteiger partial charge >= 0.3 is 0 Å². The zero-order valence-corrected chi connectivity index (χ0v) is 18.4. The van der Waals surface area contributed by atoms with Gasteiger partial charge in [-0.2, -0.15) is 0 Å². The van der Waals surface area contributed by atoms with Gasteiger partial charge in [-0.05, 0) is 72.4 Å². The van der Waals surface area contributed by atoms with Crippen molar-refractivity contribution < 1.29 is 13.2 Å². The minimum absolute atomic E-state index is 0.0986. The molecule has 160 valence electrons. The first-order valence-electron chi connectivity index (χ1n) is 10.3. The molecule has 0 saturated carbocycles. The highest BCUT2D eigenvalue weighted by Crippen LogP contribution is 2.31. The highest BCUT2D eigenvalue weighted by atomic mass is 32.2. The third kappa shape index (κ3) is 4.46. The van der Waals surface area contributed by atoms with Gasteiger partial charge < -0.3 is 4.90 Å². The smallest absolute Gasteiger partial charge is 0.261 e. The summed E-state index contributed by atoms with van der Waals surface area (Å²) in [5.74, 6) is 0.316. The fourth-order valence-corrected chi connectivity index (χ4v) is 4.81. The fourth-order valence-electron chi connectivity index (χ4n) is 3.75. The van der Waals surface area contributed by atoms with E-state index in [0.29, 0.717) is 23.7 Å². The van der Waals surface area contributed by atoms with Crippen LogP contribution in [0.25, 0.3) is 0 Å². The van der Waals surface area contributed by atoms with Crippen molar-refractivity contribution in [2.24, 2.45) is 0 Å². The van der Waals surface area contributed by atoms with Crippen LogP contribution >= 0.6 is 0 Å². The van der Waals surface area contributed by atoms with E-state index >= 15 is 0 Å². The minimum atomic E-state index is -3.74. The number of nitrogens with zero attached hydrogens (tertiary/aromatic N) is 2. The number of hydrogen-bond acceptors (Lipinski definition) is 4. The van der Waals surface area contributed by atoms with Crippen molar-refractivity contribution in [3.05, 3.63) is 83.7 Å². The Kier molecular flexibility index (Phi) is 5.78. The molecule has 1 aliphatic rings. The summed E-state index contributed by atoms with van der Waals surface area (Å²) in [6.45, 7) is 4.97. The highest BCUT2D eigenvalue weighted by molar-refractivity contribution is 7.92. The molecule has 1 aliphatic heterocycles. The van der Waals surface area contributed by atoms with Crippen LogP contribution in [0.4, 0.5) is 11.4 Å². The number of nitrogens with one attached hydrogen (secondary N) is 1. The lowest BCUT2D eigenvalue weighted by molar-refractivity contribution is 0.0985. The van der Waals surface area contributed by atoms with Crippen molar-refractivity contribution in [3.63, 3.8) is 0 Å². The van der Waals surface area contributed by atoms with Crippen LogP contribution in [0.1, 0.15) is 47.7 Å². The molecule has 4 rings (SSSR count). The van der Waals surface area contributed by atoms with E-state index in [1.807, 2.05) is 6.07 Å². The van der Waals surface area contributed by atoms with Gasteiger partial charge in [0.2, 0.25) is 0 Å². The van der Waals surface area contributed by atoms with Gasteiger partial charge in [0.05, 0.1) is 10.6 Å². The van der Waals surface area contributed by atoms with Crippen molar-refractivity contribution in [3.8, 4) is 0 Å². The van der Waals surface area contributed by atoms with Gasteiger partial charge in [0, 0.05) is 30.2 Å². The monoisotopic (exact) mass is 435 g/mol. The molecule has 2 aromatic carbocycles. The molecule has 0 atom stereocenters. The first kappa shape index (κ1) is 21.1. The molecule has 0 bridgehead atoms. The number of aromatic nitrogens is 1. The summed E-state index contributed by atoms with van der Waals surface area (Å²) < 4.78 is 27.7. The average Bonchev–Trinajstić information content (AvgIpc) is 2.78. The van der Waals surface area contributed by atoms with E-state index in [1.165, 1.54) is 35.7 Å². The van der Waals surface area contributed by atoms with Crippen LogP contribution in [-0.4, -0.2) is 25.9 Å². The van der Waals surface area contributed by atoms with Gasteiger partial charge in [0.1, 0.15) is 0 Å². The topological polar surface area (TPSA) is 79.4 Å². The lowest BCUT2D eigenvalue weighted by Gasteiger charge is -2.30. The Morgan fingerprint density at radius 2 is 1.74 bits per heavy atom. The maximum absolute atomic E-state index is 13.2. The van der Waals surface area contributed by atoms with Gasteiger partial charge in [-0.1, -0.05) is 26.0 Å². The van der Waals surface area contributed by atoms with E-state index in [0.717, 1.165) is 18.5 Å². The average molecular weight is 436 g/mol. The third-order valence-electron chi connectivity index (χ3n) is 5.48. The molecule has 2 heterocycles. The van der Waals surface area contributed by atoms with Crippen molar-refractivity contribution in [1.29, 1.82) is 0 Å². The maximum atomic E-state index is 13.2. The zero-order chi connectivity index (χ0) is 22.0. The lowest BCUT2D eigenvalue weighted by atomic mass is 9.94. The molecule has 7 heteroatoms. The molecule has 0 spiro atoms. The molecule has 0 unspecified atom stereocenters. The van der Waals surface area contributed by atoms with E-state index in [1.54, 1.807) is 29.2 Å². The summed E-state index contributed by atoms with van der Waals surface area (Å²) in [7, 11) is -3.74. The summed E-state index contributed by atoms with van der Waals surface area (Å²) >= 11 is 0. The first-order valence-corrected chi connectivity index (χ1v) is 11.8. The van der Waals surface area contributed by atoms with Crippen LogP contribution in [0, 0.1) is 0 Å². The Balaban J connectivity index is 1.56. The van der Waals surface area contributed by atoms with E-state index in [4.69, 9.17) is 0 Å². The number of rotatable bonds is 5. The molecule has 31 heavy (non-hydrogen) atoms. The SMILES string of the molecule is CC(C)c1ccc2c(c1)CCCN2C(=O)c1ccc(S(=O)(=O)Nc2ccncc2)cc1. The fraction of sp³-hybridized carbons (Fsp3) is 0.250. The molecule has 0 radical (unpaired) electrons. The van der Waals surface area contributed by atoms with Crippen LogP contribution in [0.2, 0.25) is 0 Å². The second-order valence-electron chi connectivity index (χ2n) is 7.97. The summed E-state index contributed by atoms with van der Waals surface area (Å²) in [6, 6.07) is 15.5. The second-order valence-corrected chi connectivity index (χ2v) is 9.65. The van der Waals surface area contributed by atoms with E-state index in [9.17, 15) is 13.2 Å². The van der Waals surface area contributed by atoms with Gasteiger partial charge in [-0.15, -0.1) is 0 Å². The molecule has 0 aliphatic carbocycles. The van der Waals surface area contributed by atoms with Crippen molar-refractivity contribution in [2.75, 3.05) is 16.2 Å². The summed E-state index contributed by atoms with van der Waals surface area (Å²) in [5, 5.41) is 0. The summed E-state index contributed by atoms with van der Waals surface area (Å²) in [4.78, 5) is 19.0. The minimum Gasteiger partial charge on any atom is -0.308 e. The molecule has 1 N–H and O–H groups in total. The van der Waals surface area contributed by atoms with Gasteiger partial charge in [-0.3, -0.25) is 14.5 Å². The van der Waals surface area contributed by atoms with E-state index < -0.39 is 10.0 Å². The van der Waals surface area contributed by atoms with E-state index in [2.05, 4.69) is 35.7 Å². The first-order chi connectivity index (χ1) is 14.8. The molecule has 6 nitrogen and oxygen atoms in total. The highest BCUT2D eigenvalue weighted by Gasteiger charge is 2.24. The molecule has 0 saturated heterocycles. The van der Waals surface area contributed by atoms with Crippen LogP contribution in [-0.2, 0) is 16.4 Å². The zero-order valence-electron chi connectivity index (χ0n) is 17.6. The second kappa shape index (κ2) is 8.51. The molecule has 1 amide bonds. The van der Waals surface area contributed by atoms with Gasteiger partial charge in [-0.25, -0.2) is 8.42 Å². The number of amides is 1. The number of sulfonamides is 1. The third-order valence-corrected chi connectivity index (χ3v) is 6.88. The number of fused-ring (bicyclic) bond motifs is 1. The Hall–Kier alpha value is -3.19. The van der Waals surface area contributed by atoms with Crippen molar-refractivity contribution in [2.45, 2.75) is 37.5 Å². The molecule has 1 aromatic heterocycles. The normalized spacial score (nSPS) is 13.7. The molecule has 0 fully saturated rings. The number of aryl methyl sites for hydroxylation is 1. The summed E-state index contributed by atoms with van der Waals surface area (Å²) in [6.07, 6.45) is 4.89. The standard InChI is InChI=1S/C24H25N3O3S/c1-17(2)19-7-10-23-20(16-19)4-3-15-27(23)24(28)18-5-8-22(9-6-18)31(29,30)26-21-11-13-25-14-12-21/h5-14,16-17H,3-4,15H2,1-2H3,(H,25,26). The number of anilines is 2. The number of carbonyl (C=O) groups is 1. The van der Waals surface area contributed by atoms with Gasteiger partial charge in [0.15, 0.2) is 0 Å². The molecule has 3 aromatic rings. The Bertz CT molecular complexity index is 1190. The largest absolute Gasteiger partial charge is 0.308 e. The van der Waals surface area contributed by atoms with Crippen molar-refractivity contribution in [1.82, 2.24) is 4.98 Å². The van der Waals surface area contributed by atoms with E-state index in [-0.39, 0.29) is 10.8 Å². The lowest BCUT2D eigenvalue weighted by Crippen LogP contribution is -2.35. The molecular formula is C24H25N3O3S. The van der Waals surface area contributed by atoms with Gasteiger partial charge in [0.25, 0.3) is 15.9 Å². The molecular weight excluding hydrogens is 410 g/mol. The van der Waals surface area contributed by atoms with Crippen LogP contribution < -0.4 is 9.62 Å². The Morgan fingerprint density at radius 3 is 2.42 bits per heavy atom. The van der Waals surface area contributed by atoms with Crippen LogP contribution in [0.3, 0.4) is 0 Å². The van der Waals surface area contributed by atoms with Crippen LogP contribution in [0.5, 0.6) is 0 Å². The number of carbonyl (C=O) groups excluding carboxylic acids is 1. The Labute approximate surface area is 183 Å². The number of benzene rings is 2. The van der Waals surface area contributed by atoms with Crippen molar-refractivity contribution >= 4 is 27.3 Å². The predicted octanol–water partition coefficient (Wildman–Crippen LogP) is 4.60. The number of pyridine rings is 1.